The highest BCUT2D eigenvalue weighted by Crippen LogP contribution is 2.26. The zero-order chi connectivity index (χ0) is 21.1. The minimum Gasteiger partial charge on any atom is -0.312 e. The average molecular weight is 423 g/mol. The van der Waals surface area contributed by atoms with Gasteiger partial charge in [0, 0.05) is 23.1 Å². The second-order valence-electron chi connectivity index (χ2n) is 6.49. The van der Waals surface area contributed by atoms with Crippen LogP contribution in [-0.4, -0.2) is 9.49 Å². The number of thiazole rings is 1. The Kier molecular flexibility index (Phi) is 5.49. The maximum atomic E-state index is 14.1. The number of benzene rings is 3. The maximum absolute atomic E-state index is 14.1. The normalized spacial score (nSPS) is 11.6. The van der Waals surface area contributed by atoms with E-state index in [2.05, 4.69) is 4.99 Å². The van der Waals surface area contributed by atoms with E-state index in [4.69, 9.17) is 0 Å². The minimum absolute atomic E-state index is 0.0281. The molecule has 1 aromatic heterocycles. The van der Waals surface area contributed by atoms with Gasteiger partial charge in [-0.3, -0.25) is 10.1 Å². The van der Waals surface area contributed by atoms with E-state index in [1.807, 2.05) is 9.95 Å². The molecule has 8 heteroatoms. The third-order valence-corrected chi connectivity index (χ3v) is 5.34. The van der Waals surface area contributed by atoms with Gasteiger partial charge in [-0.2, -0.15) is 0 Å². The Morgan fingerprint density at radius 1 is 1.00 bits per heavy atom. The lowest BCUT2D eigenvalue weighted by atomic mass is 10.1. The lowest BCUT2D eigenvalue weighted by molar-refractivity contribution is -0.384. The number of non-ortho nitro benzene ring substituents is 1. The van der Waals surface area contributed by atoms with Crippen LogP contribution in [0.1, 0.15) is 5.56 Å². The van der Waals surface area contributed by atoms with Crippen molar-refractivity contribution in [2.24, 2.45) is 4.99 Å². The monoisotopic (exact) mass is 423 g/mol. The highest BCUT2D eigenvalue weighted by molar-refractivity contribution is 7.07. The molecule has 0 unspecified atom stereocenters. The van der Waals surface area contributed by atoms with Crippen LogP contribution in [0.2, 0.25) is 0 Å². The van der Waals surface area contributed by atoms with Crippen molar-refractivity contribution in [2.75, 3.05) is 0 Å². The fourth-order valence-electron chi connectivity index (χ4n) is 3.00. The van der Waals surface area contributed by atoms with Crippen LogP contribution in [0.3, 0.4) is 0 Å². The van der Waals surface area contributed by atoms with E-state index in [9.17, 15) is 18.9 Å². The quantitative estimate of drug-likeness (QED) is 0.306. The van der Waals surface area contributed by atoms with Crippen molar-refractivity contribution >= 4 is 22.7 Å². The van der Waals surface area contributed by atoms with Gasteiger partial charge in [0.25, 0.3) is 5.69 Å². The summed E-state index contributed by atoms with van der Waals surface area (Å²) in [5.74, 6) is -0.791. The molecule has 0 spiro atoms. The summed E-state index contributed by atoms with van der Waals surface area (Å²) in [6, 6.07) is 18.5. The van der Waals surface area contributed by atoms with Gasteiger partial charge in [-0.1, -0.05) is 36.4 Å². The first-order valence-electron chi connectivity index (χ1n) is 8.98. The summed E-state index contributed by atoms with van der Waals surface area (Å²) < 4.78 is 29.3. The number of halogens is 2. The van der Waals surface area contributed by atoms with E-state index < -0.39 is 10.7 Å². The van der Waals surface area contributed by atoms with Gasteiger partial charge in [-0.05, 0) is 29.8 Å². The molecule has 0 atom stereocenters. The summed E-state index contributed by atoms with van der Waals surface area (Å²) in [6.45, 7) is 0.342. The molecule has 5 nitrogen and oxygen atoms in total. The molecule has 0 saturated carbocycles. The Labute approximate surface area is 174 Å². The molecule has 0 aliphatic rings. The molecule has 0 N–H and O–H groups in total. The summed E-state index contributed by atoms with van der Waals surface area (Å²) in [6.07, 6.45) is 0. The Hall–Kier alpha value is -3.65. The van der Waals surface area contributed by atoms with Gasteiger partial charge < -0.3 is 4.57 Å². The summed E-state index contributed by atoms with van der Waals surface area (Å²) in [5, 5.41) is 13.0. The van der Waals surface area contributed by atoms with Gasteiger partial charge in [0.05, 0.1) is 17.2 Å². The Morgan fingerprint density at radius 3 is 2.50 bits per heavy atom. The number of para-hydroxylation sites is 1. The Morgan fingerprint density at radius 2 is 1.77 bits per heavy atom. The molecule has 3 aromatic carbocycles. The fourth-order valence-corrected chi connectivity index (χ4v) is 3.92. The van der Waals surface area contributed by atoms with Crippen molar-refractivity contribution in [3.05, 3.63) is 110 Å². The van der Waals surface area contributed by atoms with Crippen molar-refractivity contribution in [1.82, 2.24) is 4.57 Å². The molecule has 0 radical (unpaired) electrons. The number of hydrogen-bond acceptors (Lipinski definition) is 4. The van der Waals surface area contributed by atoms with E-state index >= 15 is 0 Å². The molecule has 0 saturated heterocycles. The summed E-state index contributed by atoms with van der Waals surface area (Å²) in [5.41, 5.74) is 2.31. The van der Waals surface area contributed by atoms with Crippen molar-refractivity contribution < 1.29 is 13.7 Å². The maximum Gasteiger partial charge on any atom is 0.270 e. The first kappa shape index (κ1) is 19.7. The van der Waals surface area contributed by atoms with E-state index in [1.54, 1.807) is 42.5 Å². The highest BCUT2D eigenvalue weighted by atomic mass is 32.1. The molecule has 4 aromatic rings. The highest BCUT2D eigenvalue weighted by Gasteiger charge is 2.13. The van der Waals surface area contributed by atoms with Crippen LogP contribution in [0.5, 0.6) is 0 Å². The predicted octanol–water partition coefficient (Wildman–Crippen LogP) is 5.68. The number of nitrogens with zero attached hydrogens (tertiary/aromatic N) is 3. The molecule has 0 amide bonds. The molecule has 0 bridgehead atoms. The van der Waals surface area contributed by atoms with Gasteiger partial charge in [0.2, 0.25) is 0 Å². The van der Waals surface area contributed by atoms with Gasteiger partial charge >= 0.3 is 0 Å². The van der Waals surface area contributed by atoms with Crippen LogP contribution >= 0.6 is 11.3 Å². The predicted molar refractivity (Wildman–Crippen MR) is 112 cm³/mol. The van der Waals surface area contributed by atoms with Crippen LogP contribution in [-0.2, 0) is 6.54 Å². The molecule has 0 aliphatic heterocycles. The van der Waals surface area contributed by atoms with Gasteiger partial charge in [0.1, 0.15) is 17.3 Å². The number of aromatic nitrogens is 1. The van der Waals surface area contributed by atoms with E-state index in [0.29, 0.717) is 22.6 Å². The second-order valence-corrected chi connectivity index (χ2v) is 7.32. The van der Waals surface area contributed by atoms with Gasteiger partial charge in [-0.15, -0.1) is 11.3 Å². The van der Waals surface area contributed by atoms with Crippen molar-refractivity contribution in [2.45, 2.75) is 6.54 Å². The molecule has 0 fully saturated rings. The molecule has 150 valence electrons. The first-order chi connectivity index (χ1) is 14.5. The molecular weight excluding hydrogens is 408 g/mol. The number of rotatable bonds is 5. The smallest absolute Gasteiger partial charge is 0.270 e. The molecule has 1 heterocycles. The standard InChI is InChI=1S/C22H15F2N3O2S/c23-17-10-8-15(9-11-17)13-26-21(16-4-3-5-18(12-16)27(28)29)14-30-22(26)25-20-7-2-1-6-19(20)24/h1-12,14H,13H2. The zero-order valence-electron chi connectivity index (χ0n) is 15.5. The molecule has 0 aliphatic carbocycles. The number of hydrogen-bond donors (Lipinski definition) is 0. The third-order valence-electron chi connectivity index (χ3n) is 4.47. The number of nitro groups is 1. The SMILES string of the molecule is O=[N+]([O-])c1cccc(-c2csc(=Nc3ccccc3F)n2Cc2ccc(F)cc2)c1. The third kappa shape index (κ3) is 4.18. The average Bonchev–Trinajstić information content (AvgIpc) is 3.13. The van der Waals surface area contributed by atoms with E-state index in [0.717, 1.165) is 5.56 Å². The minimum atomic E-state index is -0.454. The summed E-state index contributed by atoms with van der Waals surface area (Å²) in [7, 11) is 0. The van der Waals surface area contributed by atoms with Crippen LogP contribution in [0, 0.1) is 21.7 Å². The first-order valence-corrected chi connectivity index (χ1v) is 9.86. The van der Waals surface area contributed by atoms with Crippen molar-refractivity contribution in [1.29, 1.82) is 0 Å². The largest absolute Gasteiger partial charge is 0.312 e. The fraction of sp³-hybridized carbons (Fsp3) is 0.0455. The molecular formula is C22H15F2N3O2S. The van der Waals surface area contributed by atoms with Gasteiger partial charge in [-0.25, -0.2) is 13.8 Å². The second kappa shape index (κ2) is 8.38. The van der Waals surface area contributed by atoms with Crippen LogP contribution in [0.4, 0.5) is 20.2 Å². The summed E-state index contributed by atoms with van der Waals surface area (Å²) in [4.78, 5) is 15.7. The number of nitro benzene ring substituents is 1. The topological polar surface area (TPSA) is 60.4 Å². The lowest BCUT2D eigenvalue weighted by Gasteiger charge is -2.10. The van der Waals surface area contributed by atoms with Crippen LogP contribution < -0.4 is 4.80 Å². The van der Waals surface area contributed by atoms with Crippen LogP contribution in [0.25, 0.3) is 11.3 Å². The molecule has 30 heavy (non-hydrogen) atoms. The van der Waals surface area contributed by atoms with Crippen molar-refractivity contribution in [3.63, 3.8) is 0 Å². The molecule has 4 rings (SSSR count). The van der Waals surface area contributed by atoms with Crippen LogP contribution in [0.15, 0.2) is 83.2 Å². The Bertz CT molecular complexity index is 1280. The van der Waals surface area contributed by atoms with Gasteiger partial charge in [0.15, 0.2) is 4.80 Å². The summed E-state index contributed by atoms with van der Waals surface area (Å²) >= 11 is 1.30. The van der Waals surface area contributed by atoms with E-state index in [1.165, 1.54) is 41.7 Å². The Balaban J connectivity index is 1.87. The van der Waals surface area contributed by atoms with Crippen molar-refractivity contribution in [3.8, 4) is 11.3 Å². The lowest BCUT2D eigenvalue weighted by Crippen LogP contribution is -2.17. The zero-order valence-corrected chi connectivity index (χ0v) is 16.4. The van der Waals surface area contributed by atoms with E-state index in [-0.39, 0.29) is 17.2 Å².